The SMILES string of the molecule is CC/C=C\C/C=C\C/C=C\C/C=C\C/C=C\C/C=C\CCCCCCCCCCC(=O)OC(/C=C\CCCCCCCCCCC)C(COP(=O)([O-])OCC[N+](C)(C)C)NC(=O)CCCCCCCCC/C=C/C=C/C=C/CC. The zero-order valence-corrected chi connectivity index (χ0v) is 52.4. The number of ether oxygens (including phenoxy) is 1. The number of hydrogen-bond acceptors (Lipinski definition) is 7. The van der Waals surface area contributed by atoms with Gasteiger partial charge in [-0.2, -0.15) is 0 Å². The third-order valence-corrected chi connectivity index (χ3v) is 14.4. The molecule has 0 bridgehead atoms. The van der Waals surface area contributed by atoms with Gasteiger partial charge in [0.05, 0.1) is 33.8 Å². The minimum Gasteiger partial charge on any atom is -0.756 e. The van der Waals surface area contributed by atoms with Crippen molar-refractivity contribution in [3.05, 3.63) is 122 Å². The highest BCUT2D eigenvalue weighted by Gasteiger charge is 2.27. The van der Waals surface area contributed by atoms with E-state index in [2.05, 4.69) is 135 Å². The molecular weight excluding hydrogens is 1000 g/mol. The molecule has 0 heterocycles. The van der Waals surface area contributed by atoms with E-state index in [0.717, 1.165) is 122 Å². The standard InChI is InChI=1S/C69H119N2O7P/c1-7-10-13-16-19-22-25-27-29-30-31-32-33-34-35-36-37-38-39-40-42-44-47-50-53-56-59-62-69(73)78-67(60-57-54-51-48-45-24-21-18-15-12-9-3)66(65-77-79(74,75)76-64-63-71(4,5)6)70-68(72)61-58-55-52-49-46-43-41-28-26-23-20-17-14-11-8-2/h10-11,13-14,17,19-20,22-23,26-27,29,31-32,34-35,37-38,57,60,66-67H,7-9,12,15-16,18,21,24-25,28,30,33,36,39-56,58-59,61-65H2,1-6H3,(H-,70,72,74,75)/b13-10-,14-11+,20-17+,22-19-,26-23+,29-27-,32-31-,35-34-,38-37-,60-57-. The summed E-state index contributed by atoms with van der Waals surface area (Å²) in [5, 5.41) is 3.01. The quantitative estimate of drug-likeness (QED) is 0.0161. The van der Waals surface area contributed by atoms with E-state index in [1.165, 1.54) is 89.9 Å². The van der Waals surface area contributed by atoms with Crippen LogP contribution in [0, 0.1) is 0 Å². The van der Waals surface area contributed by atoms with Crippen LogP contribution in [0.25, 0.3) is 0 Å². The van der Waals surface area contributed by atoms with Gasteiger partial charge in [-0.05, 0) is 102 Å². The fourth-order valence-electron chi connectivity index (χ4n) is 8.58. The van der Waals surface area contributed by atoms with Crippen LogP contribution in [0.15, 0.2) is 122 Å². The van der Waals surface area contributed by atoms with Crippen LogP contribution in [0.3, 0.4) is 0 Å². The second-order valence-electron chi connectivity index (χ2n) is 22.2. The van der Waals surface area contributed by atoms with Crippen LogP contribution in [0.4, 0.5) is 0 Å². The van der Waals surface area contributed by atoms with E-state index < -0.39 is 26.6 Å². The Morgan fingerprint density at radius 3 is 1.35 bits per heavy atom. The second-order valence-corrected chi connectivity index (χ2v) is 23.6. The molecule has 0 aromatic carbocycles. The van der Waals surface area contributed by atoms with Crippen LogP contribution in [0.1, 0.15) is 252 Å². The van der Waals surface area contributed by atoms with Crippen molar-refractivity contribution in [3.8, 4) is 0 Å². The van der Waals surface area contributed by atoms with E-state index in [0.29, 0.717) is 23.9 Å². The Morgan fingerprint density at radius 2 is 0.873 bits per heavy atom. The minimum atomic E-state index is -4.71. The highest BCUT2D eigenvalue weighted by Crippen LogP contribution is 2.38. The summed E-state index contributed by atoms with van der Waals surface area (Å²) in [6.45, 7) is 6.57. The number of amides is 1. The van der Waals surface area contributed by atoms with Gasteiger partial charge in [-0.25, -0.2) is 0 Å². The number of carbonyl (C=O) groups excluding carboxylic acids is 2. The molecule has 0 saturated heterocycles. The molecule has 0 aromatic heterocycles. The average Bonchev–Trinajstić information content (AvgIpc) is 3.41. The number of esters is 1. The predicted octanol–water partition coefficient (Wildman–Crippen LogP) is 19.3. The molecule has 0 aliphatic carbocycles. The lowest BCUT2D eigenvalue weighted by atomic mass is 10.1. The van der Waals surface area contributed by atoms with Crippen molar-refractivity contribution in [2.24, 2.45) is 0 Å². The highest BCUT2D eigenvalue weighted by molar-refractivity contribution is 7.45. The molecule has 0 fully saturated rings. The first-order valence-corrected chi connectivity index (χ1v) is 33.3. The van der Waals surface area contributed by atoms with Crippen molar-refractivity contribution in [2.45, 2.75) is 264 Å². The molecule has 3 atom stereocenters. The fraction of sp³-hybridized carbons (Fsp3) is 0.681. The number of carbonyl (C=O) groups is 2. The Kier molecular flexibility index (Phi) is 55.0. The maximum Gasteiger partial charge on any atom is 0.306 e. The molecule has 0 aliphatic rings. The van der Waals surface area contributed by atoms with E-state index in [9.17, 15) is 19.0 Å². The lowest BCUT2D eigenvalue weighted by Gasteiger charge is -2.30. The van der Waals surface area contributed by atoms with E-state index in [4.69, 9.17) is 13.8 Å². The van der Waals surface area contributed by atoms with Crippen LogP contribution in [0.2, 0.25) is 0 Å². The Labute approximate surface area is 486 Å². The number of hydrogen-bond donors (Lipinski definition) is 1. The maximum absolute atomic E-state index is 13.5. The third kappa shape index (κ3) is 58.9. The van der Waals surface area contributed by atoms with Crippen LogP contribution in [-0.4, -0.2) is 69.4 Å². The molecule has 0 spiro atoms. The van der Waals surface area contributed by atoms with E-state index in [1.54, 1.807) is 0 Å². The number of nitrogens with zero attached hydrogens (tertiary/aromatic N) is 1. The molecule has 3 unspecified atom stereocenters. The molecule has 10 heteroatoms. The number of phosphoric acid groups is 1. The van der Waals surface area contributed by atoms with E-state index >= 15 is 0 Å². The number of phosphoric ester groups is 1. The van der Waals surface area contributed by atoms with Crippen LogP contribution >= 0.6 is 7.82 Å². The minimum absolute atomic E-state index is 0.0325. The normalized spacial score (nSPS) is 14.5. The molecule has 79 heavy (non-hydrogen) atoms. The van der Waals surface area contributed by atoms with E-state index in [1.807, 2.05) is 33.3 Å². The Balaban J connectivity index is 5.13. The number of allylic oxidation sites excluding steroid dienone is 19. The molecule has 0 rings (SSSR count). The second kappa shape index (κ2) is 57.6. The molecule has 1 N–H and O–H groups in total. The van der Waals surface area contributed by atoms with Crippen molar-refractivity contribution >= 4 is 19.7 Å². The summed E-state index contributed by atoms with van der Waals surface area (Å²) in [7, 11) is 1.15. The monoisotopic (exact) mass is 1120 g/mol. The summed E-state index contributed by atoms with van der Waals surface area (Å²) in [6, 6.07) is -0.906. The summed E-state index contributed by atoms with van der Waals surface area (Å²) < 4.78 is 30.3. The smallest absolute Gasteiger partial charge is 0.306 e. The molecule has 0 radical (unpaired) electrons. The Morgan fingerprint density at radius 1 is 0.468 bits per heavy atom. The number of nitrogens with one attached hydrogen (secondary N) is 1. The van der Waals surface area contributed by atoms with Crippen molar-refractivity contribution < 1.29 is 37.3 Å². The average molecular weight is 1120 g/mol. The summed E-state index contributed by atoms with van der Waals surface area (Å²) in [5.74, 6) is -0.572. The van der Waals surface area contributed by atoms with Gasteiger partial charge in [0.25, 0.3) is 7.82 Å². The first kappa shape index (κ1) is 75.4. The third-order valence-electron chi connectivity index (χ3n) is 13.4. The highest BCUT2D eigenvalue weighted by atomic mass is 31.2. The van der Waals surface area contributed by atoms with Gasteiger partial charge in [-0.1, -0.05) is 258 Å². The number of unbranched alkanes of at least 4 members (excludes halogenated alkanes) is 24. The van der Waals surface area contributed by atoms with Gasteiger partial charge in [-0.15, -0.1) is 0 Å². The van der Waals surface area contributed by atoms with Crippen molar-refractivity contribution in [2.75, 3.05) is 40.9 Å². The van der Waals surface area contributed by atoms with E-state index in [-0.39, 0.29) is 24.9 Å². The lowest BCUT2D eigenvalue weighted by Crippen LogP contribution is -2.47. The zero-order chi connectivity index (χ0) is 57.9. The van der Waals surface area contributed by atoms with Gasteiger partial charge in [0.2, 0.25) is 5.91 Å². The lowest BCUT2D eigenvalue weighted by molar-refractivity contribution is -0.870. The van der Waals surface area contributed by atoms with Crippen molar-refractivity contribution in [1.29, 1.82) is 0 Å². The molecule has 9 nitrogen and oxygen atoms in total. The summed E-state index contributed by atoms with van der Waals surface area (Å²) >= 11 is 0. The number of likely N-dealkylation sites (N-methyl/N-ethyl adjacent to an activating group) is 1. The van der Waals surface area contributed by atoms with Crippen molar-refractivity contribution in [3.63, 3.8) is 0 Å². The Hall–Kier alpha value is -3.59. The van der Waals surface area contributed by atoms with Gasteiger partial charge in [0.15, 0.2) is 0 Å². The molecule has 0 saturated carbocycles. The van der Waals surface area contributed by atoms with Gasteiger partial charge in [-0.3, -0.25) is 14.2 Å². The molecule has 452 valence electrons. The molecule has 0 aliphatic heterocycles. The predicted molar refractivity (Wildman–Crippen MR) is 339 cm³/mol. The van der Waals surface area contributed by atoms with Crippen LogP contribution in [0.5, 0.6) is 0 Å². The molecular formula is C69H119N2O7P. The zero-order valence-electron chi connectivity index (χ0n) is 51.5. The van der Waals surface area contributed by atoms with Crippen molar-refractivity contribution in [1.82, 2.24) is 5.32 Å². The summed E-state index contributed by atoms with van der Waals surface area (Å²) in [6.07, 6.45) is 80.3. The summed E-state index contributed by atoms with van der Waals surface area (Å²) in [5.41, 5.74) is 0. The molecule has 0 aromatic rings. The van der Waals surface area contributed by atoms with Crippen LogP contribution in [-0.2, 0) is 27.9 Å². The maximum atomic E-state index is 13.5. The van der Waals surface area contributed by atoms with Gasteiger partial charge in [0.1, 0.15) is 19.3 Å². The van der Waals surface area contributed by atoms with Gasteiger partial charge in [0, 0.05) is 12.8 Å². The number of quaternary nitrogens is 1. The fourth-order valence-corrected chi connectivity index (χ4v) is 9.31. The first-order valence-electron chi connectivity index (χ1n) is 31.9. The topological polar surface area (TPSA) is 114 Å². The van der Waals surface area contributed by atoms with Crippen LogP contribution < -0.4 is 10.2 Å². The van der Waals surface area contributed by atoms with Gasteiger partial charge >= 0.3 is 5.97 Å². The summed E-state index contributed by atoms with van der Waals surface area (Å²) in [4.78, 5) is 40.0. The first-order chi connectivity index (χ1) is 38.4. The largest absolute Gasteiger partial charge is 0.756 e. The number of rotatable bonds is 56. The van der Waals surface area contributed by atoms with Gasteiger partial charge < -0.3 is 28.5 Å². The molecule has 1 amide bonds. The Bertz CT molecular complexity index is 1770.